The maximum absolute atomic E-state index is 11.7. The summed E-state index contributed by atoms with van der Waals surface area (Å²) in [5.74, 6) is -0.310. The monoisotopic (exact) mass is 224 g/mol. The van der Waals surface area contributed by atoms with Crippen molar-refractivity contribution >= 4 is 5.97 Å². The predicted octanol–water partition coefficient (Wildman–Crippen LogP) is 1.15. The summed E-state index contributed by atoms with van der Waals surface area (Å²) in [6.45, 7) is 1.23. The van der Waals surface area contributed by atoms with Gasteiger partial charge in [0.05, 0.1) is 19.4 Å². The molecule has 0 unspecified atom stereocenters. The van der Waals surface area contributed by atoms with E-state index in [1.54, 1.807) is 7.11 Å². The van der Waals surface area contributed by atoms with Gasteiger partial charge in [0.1, 0.15) is 11.3 Å². The second-order valence-electron chi connectivity index (χ2n) is 3.87. The number of methoxy groups -OCH3 is 2. The lowest BCUT2D eigenvalue weighted by molar-refractivity contribution is 0.0594. The van der Waals surface area contributed by atoms with Gasteiger partial charge in [0.25, 0.3) is 0 Å². The quantitative estimate of drug-likeness (QED) is 0.723. The Balaban J connectivity index is 2.44. The highest BCUT2D eigenvalue weighted by Crippen LogP contribution is 2.22. The van der Waals surface area contributed by atoms with E-state index in [1.165, 1.54) is 7.11 Å². The number of aromatic nitrogens is 2. The van der Waals surface area contributed by atoms with E-state index in [9.17, 15) is 4.79 Å². The van der Waals surface area contributed by atoms with Gasteiger partial charge in [-0.2, -0.15) is 5.10 Å². The zero-order chi connectivity index (χ0) is 11.5. The maximum atomic E-state index is 11.7. The highest BCUT2D eigenvalue weighted by molar-refractivity contribution is 5.92. The van der Waals surface area contributed by atoms with Crippen LogP contribution in [0.5, 0.6) is 0 Å². The van der Waals surface area contributed by atoms with Crippen LogP contribution in [0.15, 0.2) is 0 Å². The molecular weight excluding hydrogens is 208 g/mol. The maximum Gasteiger partial charge on any atom is 0.341 e. The number of nitrogens with zero attached hydrogens (tertiary/aromatic N) is 2. The smallest absolute Gasteiger partial charge is 0.341 e. The van der Waals surface area contributed by atoms with Gasteiger partial charge in [-0.3, -0.25) is 4.68 Å². The van der Waals surface area contributed by atoms with Crippen LogP contribution in [-0.4, -0.2) is 30.0 Å². The number of carbonyl (C=O) groups is 1. The molecule has 0 saturated carbocycles. The van der Waals surface area contributed by atoms with E-state index in [-0.39, 0.29) is 5.97 Å². The number of hydrogen-bond donors (Lipinski definition) is 0. The van der Waals surface area contributed by atoms with Crippen LogP contribution in [0, 0.1) is 0 Å². The summed E-state index contributed by atoms with van der Waals surface area (Å²) in [6, 6.07) is 0. The van der Waals surface area contributed by atoms with Crippen LogP contribution in [0.1, 0.15) is 34.6 Å². The van der Waals surface area contributed by atoms with Crippen LogP contribution in [0.25, 0.3) is 0 Å². The minimum Gasteiger partial charge on any atom is -0.465 e. The Bertz CT molecular complexity index is 398. The summed E-state index contributed by atoms with van der Waals surface area (Å²) in [5, 5.41) is 4.40. The Morgan fingerprint density at radius 3 is 2.94 bits per heavy atom. The first-order valence-corrected chi connectivity index (χ1v) is 5.43. The minimum absolute atomic E-state index is 0.310. The third-order valence-corrected chi connectivity index (χ3v) is 2.83. The van der Waals surface area contributed by atoms with E-state index in [2.05, 4.69) is 5.10 Å². The summed E-state index contributed by atoms with van der Waals surface area (Å²) in [5.41, 5.74) is 2.28. The lowest BCUT2D eigenvalue weighted by atomic mass is 10.1. The van der Waals surface area contributed by atoms with Gasteiger partial charge in [-0.1, -0.05) is 0 Å². The van der Waals surface area contributed by atoms with Crippen molar-refractivity contribution in [3.05, 3.63) is 17.0 Å². The van der Waals surface area contributed by atoms with E-state index in [4.69, 9.17) is 9.47 Å². The summed E-state index contributed by atoms with van der Waals surface area (Å²) in [7, 11) is 2.99. The van der Waals surface area contributed by atoms with Crippen molar-refractivity contribution in [3.8, 4) is 0 Å². The molecule has 5 heteroatoms. The summed E-state index contributed by atoms with van der Waals surface area (Å²) in [4.78, 5) is 11.7. The van der Waals surface area contributed by atoms with E-state index in [0.29, 0.717) is 17.9 Å². The second-order valence-corrected chi connectivity index (χ2v) is 3.87. The minimum atomic E-state index is -0.310. The third-order valence-electron chi connectivity index (χ3n) is 2.83. The highest BCUT2D eigenvalue weighted by atomic mass is 16.5. The highest BCUT2D eigenvalue weighted by Gasteiger charge is 2.25. The lowest BCUT2D eigenvalue weighted by Crippen LogP contribution is -2.14. The molecule has 0 radical (unpaired) electrons. The Labute approximate surface area is 94.3 Å². The van der Waals surface area contributed by atoms with Crippen molar-refractivity contribution in [1.29, 1.82) is 0 Å². The van der Waals surface area contributed by atoms with Crippen LogP contribution in [0.2, 0.25) is 0 Å². The Hall–Kier alpha value is -1.36. The molecule has 1 aromatic rings. The average molecular weight is 224 g/mol. The first-order valence-electron chi connectivity index (χ1n) is 5.43. The molecule has 1 aliphatic heterocycles. The molecule has 0 saturated heterocycles. The van der Waals surface area contributed by atoms with Gasteiger partial charge in [0.15, 0.2) is 0 Å². The second kappa shape index (κ2) is 4.65. The van der Waals surface area contributed by atoms with Crippen LogP contribution in [-0.2, 0) is 29.0 Å². The first-order chi connectivity index (χ1) is 7.77. The Morgan fingerprint density at radius 1 is 1.44 bits per heavy atom. The number of esters is 1. The molecule has 1 aromatic heterocycles. The van der Waals surface area contributed by atoms with Crippen molar-refractivity contribution in [2.45, 2.75) is 32.4 Å². The van der Waals surface area contributed by atoms with Crippen molar-refractivity contribution in [1.82, 2.24) is 9.78 Å². The molecule has 0 bridgehead atoms. The normalized spacial score (nSPS) is 14.6. The van der Waals surface area contributed by atoms with Crippen LogP contribution in [0.3, 0.4) is 0 Å². The van der Waals surface area contributed by atoms with E-state index in [1.807, 2.05) is 4.68 Å². The molecule has 0 spiro atoms. The van der Waals surface area contributed by atoms with Crippen molar-refractivity contribution < 1.29 is 14.3 Å². The topological polar surface area (TPSA) is 53.4 Å². The third kappa shape index (κ3) is 1.82. The summed E-state index contributed by atoms with van der Waals surface area (Å²) >= 11 is 0. The molecule has 0 aromatic carbocycles. The SMILES string of the molecule is COCc1nn2c(c1C(=O)OC)CCCC2. The van der Waals surface area contributed by atoms with Crippen molar-refractivity contribution in [2.75, 3.05) is 14.2 Å². The van der Waals surface area contributed by atoms with Gasteiger partial charge in [0, 0.05) is 13.7 Å². The van der Waals surface area contributed by atoms with Crippen molar-refractivity contribution in [3.63, 3.8) is 0 Å². The molecular formula is C11H16N2O3. The molecule has 88 valence electrons. The van der Waals surface area contributed by atoms with E-state index in [0.717, 1.165) is 31.5 Å². The Morgan fingerprint density at radius 2 is 2.25 bits per heavy atom. The molecule has 0 atom stereocenters. The van der Waals surface area contributed by atoms with Gasteiger partial charge in [-0.05, 0) is 19.3 Å². The molecule has 0 amide bonds. The van der Waals surface area contributed by atoms with Gasteiger partial charge < -0.3 is 9.47 Å². The fraction of sp³-hybridized carbons (Fsp3) is 0.636. The van der Waals surface area contributed by atoms with Crippen LogP contribution in [0.4, 0.5) is 0 Å². The zero-order valence-electron chi connectivity index (χ0n) is 9.65. The van der Waals surface area contributed by atoms with E-state index < -0.39 is 0 Å². The molecule has 2 heterocycles. The van der Waals surface area contributed by atoms with Gasteiger partial charge in [-0.15, -0.1) is 0 Å². The molecule has 0 N–H and O–H groups in total. The number of hydrogen-bond acceptors (Lipinski definition) is 4. The predicted molar refractivity (Wildman–Crippen MR) is 57.2 cm³/mol. The van der Waals surface area contributed by atoms with E-state index >= 15 is 0 Å². The molecule has 1 aliphatic rings. The van der Waals surface area contributed by atoms with Crippen LogP contribution >= 0.6 is 0 Å². The summed E-state index contributed by atoms with van der Waals surface area (Å²) < 4.78 is 11.8. The fourth-order valence-corrected chi connectivity index (χ4v) is 2.12. The van der Waals surface area contributed by atoms with Gasteiger partial charge in [0.2, 0.25) is 0 Å². The molecule has 0 fully saturated rings. The first kappa shape index (κ1) is 11.1. The van der Waals surface area contributed by atoms with Gasteiger partial charge in [-0.25, -0.2) is 4.79 Å². The fourth-order valence-electron chi connectivity index (χ4n) is 2.12. The summed E-state index contributed by atoms with van der Waals surface area (Å²) in [6.07, 6.45) is 3.10. The van der Waals surface area contributed by atoms with Crippen molar-refractivity contribution in [2.24, 2.45) is 0 Å². The number of carbonyl (C=O) groups excluding carboxylic acids is 1. The number of ether oxygens (including phenoxy) is 2. The lowest BCUT2D eigenvalue weighted by Gasteiger charge is -2.13. The number of fused-ring (bicyclic) bond motifs is 1. The number of aryl methyl sites for hydroxylation is 1. The zero-order valence-corrected chi connectivity index (χ0v) is 9.65. The van der Waals surface area contributed by atoms with Gasteiger partial charge >= 0.3 is 5.97 Å². The molecule has 16 heavy (non-hydrogen) atoms. The molecule has 0 aliphatic carbocycles. The Kier molecular flexibility index (Phi) is 3.24. The standard InChI is InChI=1S/C11H16N2O3/c1-15-7-8-10(11(14)16-2)9-5-3-4-6-13(9)12-8/h3-7H2,1-2H3. The average Bonchev–Trinajstić information content (AvgIpc) is 2.66. The largest absolute Gasteiger partial charge is 0.465 e. The molecule has 2 rings (SSSR count). The molecule has 5 nitrogen and oxygen atoms in total. The van der Waals surface area contributed by atoms with Crippen LogP contribution < -0.4 is 0 Å². The number of rotatable bonds is 3.